The number of pyridine rings is 1. The summed E-state index contributed by atoms with van der Waals surface area (Å²) in [6.07, 6.45) is 1.69. The fraction of sp³-hybridized carbons (Fsp3) is 0.0588. The van der Waals surface area contributed by atoms with Crippen LogP contribution in [-0.2, 0) is 0 Å². The fourth-order valence-corrected chi connectivity index (χ4v) is 3.01. The van der Waals surface area contributed by atoms with Crippen molar-refractivity contribution < 1.29 is 9.90 Å². The number of carbonyl (C=O) groups is 1. The van der Waals surface area contributed by atoms with E-state index in [4.69, 9.17) is 23.2 Å². The number of carboxylic acid groups (broad SMARTS) is 1. The van der Waals surface area contributed by atoms with Gasteiger partial charge >= 0.3 is 5.97 Å². The van der Waals surface area contributed by atoms with Crippen LogP contribution in [0, 0.1) is 6.92 Å². The molecule has 0 aliphatic carbocycles. The van der Waals surface area contributed by atoms with Gasteiger partial charge in [-0.25, -0.2) is 4.79 Å². The van der Waals surface area contributed by atoms with E-state index < -0.39 is 5.97 Å². The number of nitrogens with zero attached hydrogens (tertiary/aromatic N) is 1. The van der Waals surface area contributed by atoms with E-state index in [1.54, 1.807) is 30.5 Å². The number of rotatable bonds is 2. The molecule has 3 aromatic rings. The van der Waals surface area contributed by atoms with Gasteiger partial charge in [0.1, 0.15) is 0 Å². The number of halogens is 2. The number of fused-ring (bicyclic) bond motifs is 1. The normalized spacial score (nSPS) is 10.9. The number of aromatic carboxylic acids is 1. The molecule has 110 valence electrons. The molecule has 0 saturated carbocycles. The molecule has 22 heavy (non-hydrogen) atoms. The first-order valence-electron chi connectivity index (χ1n) is 6.55. The second-order valence-electron chi connectivity index (χ2n) is 4.98. The van der Waals surface area contributed by atoms with E-state index in [9.17, 15) is 9.90 Å². The Morgan fingerprint density at radius 3 is 2.55 bits per heavy atom. The van der Waals surface area contributed by atoms with Gasteiger partial charge in [0, 0.05) is 27.2 Å². The molecule has 0 atom stereocenters. The summed E-state index contributed by atoms with van der Waals surface area (Å²) in [5, 5.41) is 11.1. The van der Waals surface area contributed by atoms with Gasteiger partial charge in [-0.1, -0.05) is 29.3 Å². The summed E-state index contributed by atoms with van der Waals surface area (Å²) in [4.78, 5) is 15.6. The monoisotopic (exact) mass is 331 g/mol. The molecule has 1 N–H and O–H groups in total. The second-order valence-corrected chi connectivity index (χ2v) is 5.82. The Labute approximate surface area is 137 Å². The highest BCUT2D eigenvalue weighted by Gasteiger charge is 2.13. The molecule has 0 unspecified atom stereocenters. The average Bonchev–Trinajstić information content (AvgIpc) is 2.47. The number of carboxylic acids is 1. The third-order valence-corrected chi connectivity index (χ3v) is 4.05. The van der Waals surface area contributed by atoms with Crippen molar-refractivity contribution in [2.45, 2.75) is 6.92 Å². The highest BCUT2D eigenvalue weighted by atomic mass is 35.5. The first kappa shape index (κ1) is 14.8. The molecular weight excluding hydrogens is 321 g/mol. The molecule has 0 saturated heterocycles. The maximum Gasteiger partial charge on any atom is 0.335 e. The number of aromatic nitrogens is 1. The fourth-order valence-electron chi connectivity index (χ4n) is 2.50. The lowest BCUT2D eigenvalue weighted by molar-refractivity contribution is 0.0697. The Bertz CT molecular complexity index is 907. The Hall–Kier alpha value is -2.10. The Balaban J connectivity index is 2.36. The Morgan fingerprint density at radius 2 is 1.86 bits per heavy atom. The number of hydrogen-bond acceptors (Lipinski definition) is 2. The van der Waals surface area contributed by atoms with Crippen LogP contribution in [0.15, 0.2) is 42.6 Å². The van der Waals surface area contributed by atoms with Gasteiger partial charge in [-0.15, -0.1) is 0 Å². The summed E-state index contributed by atoms with van der Waals surface area (Å²) >= 11 is 12.2. The molecule has 1 heterocycles. The molecule has 2 aromatic carbocycles. The number of benzene rings is 2. The summed E-state index contributed by atoms with van der Waals surface area (Å²) in [6, 6.07) is 10.3. The Kier molecular flexibility index (Phi) is 3.77. The largest absolute Gasteiger partial charge is 0.478 e. The van der Waals surface area contributed by atoms with Crippen LogP contribution in [0.25, 0.3) is 22.0 Å². The maximum atomic E-state index is 11.3. The molecular formula is C17H11Cl2NO2. The van der Waals surface area contributed by atoms with E-state index in [0.29, 0.717) is 10.0 Å². The van der Waals surface area contributed by atoms with Gasteiger partial charge in [0.05, 0.1) is 11.1 Å². The van der Waals surface area contributed by atoms with Crippen LogP contribution >= 0.6 is 23.2 Å². The van der Waals surface area contributed by atoms with Crippen LogP contribution in [0.3, 0.4) is 0 Å². The molecule has 0 amide bonds. The molecule has 0 fully saturated rings. The van der Waals surface area contributed by atoms with Crippen molar-refractivity contribution >= 4 is 40.1 Å². The molecule has 0 aliphatic rings. The minimum Gasteiger partial charge on any atom is -0.478 e. The van der Waals surface area contributed by atoms with Crippen molar-refractivity contribution in [1.82, 2.24) is 4.98 Å². The van der Waals surface area contributed by atoms with Crippen molar-refractivity contribution in [3.8, 4) is 11.1 Å². The van der Waals surface area contributed by atoms with E-state index >= 15 is 0 Å². The second kappa shape index (κ2) is 5.59. The van der Waals surface area contributed by atoms with E-state index in [-0.39, 0.29) is 5.56 Å². The molecule has 3 nitrogen and oxygen atoms in total. The summed E-state index contributed by atoms with van der Waals surface area (Å²) in [7, 11) is 0. The van der Waals surface area contributed by atoms with E-state index in [0.717, 1.165) is 27.6 Å². The van der Waals surface area contributed by atoms with Gasteiger partial charge < -0.3 is 5.11 Å². The SMILES string of the molecule is Cc1cc(C(=O)O)cc2c(-c3ccc(Cl)cc3Cl)ccnc12. The zero-order chi connectivity index (χ0) is 15.9. The molecule has 0 spiro atoms. The lowest BCUT2D eigenvalue weighted by Gasteiger charge is -2.11. The topological polar surface area (TPSA) is 50.2 Å². The van der Waals surface area contributed by atoms with Crippen molar-refractivity contribution in [3.63, 3.8) is 0 Å². The highest BCUT2D eigenvalue weighted by Crippen LogP contribution is 2.35. The van der Waals surface area contributed by atoms with Crippen LogP contribution in [0.4, 0.5) is 0 Å². The van der Waals surface area contributed by atoms with Gasteiger partial charge in [0.25, 0.3) is 0 Å². The standard InChI is InChI=1S/C17H11Cl2NO2/c1-9-6-10(17(21)22)7-14-12(4-5-20-16(9)14)13-3-2-11(18)8-15(13)19/h2-8H,1H3,(H,21,22). The van der Waals surface area contributed by atoms with Crippen LogP contribution in [0.5, 0.6) is 0 Å². The predicted octanol–water partition coefficient (Wildman–Crippen LogP) is 5.22. The molecule has 0 bridgehead atoms. The van der Waals surface area contributed by atoms with Gasteiger partial charge in [-0.3, -0.25) is 4.98 Å². The lowest BCUT2D eigenvalue weighted by atomic mass is 9.97. The summed E-state index contributed by atoms with van der Waals surface area (Å²) < 4.78 is 0. The van der Waals surface area contributed by atoms with Crippen LogP contribution in [0.1, 0.15) is 15.9 Å². The maximum absolute atomic E-state index is 11.3. The lowest BCUT2D eigenvalue weighted by Crippen LogP contribution is -1.98. The number of aryl methyl sites for hydroxylation is 1. The highest BCUT2D eigenvalue weighted by molar-refractivity contribution is 6.36. The van der Waals surface area contributed by atoms with Crippen molar-refractivity contribution in [3.05, 3.63) is 63.8 Å². The third-order valence-electron chi connectivity index (χ3n) is 3.50. The zero-order valence-corrected chi connectivity index (χ0v) is 13.1. The van der Waals surface area contributed by atoms with E-state index in [2.05, 4.69) is 4.98 Å². The first-order chi connectivity index (χ1) is 10.5. The van der Waals surface area contributed by atoms with Gasteiger partial charge in [-0.2, -0.15) is 0 Å². The molecule has 1 aromatic heterocycles. The predicted molar refractivity (Wildman–Crippen MR) is 88.9 cm³/mol. The summed E-state index contributed by atoms with van der Waals surface area (Å²) in [5.41, 5.74) is 3.41. The first-order valence-corrected chi connectivity index (χ1v) is 7.31. The molecule has 0 radical (unpaired) electrons. The van der Waals surface area contributed by atoms with Crippen molar-refractivity contribution in [2.24, 2.45) is 0 Å². The third kappa shape index (κ3) is 2.54. The molecule has 0 aliphatic heterocycles. The molecule has 3 rings (SSSR count). The summed E-state index contributed by atoms with van der Waals surface area (Å²) in [5.74, 6) is -0.970. The Morgan fingerprint density at radius 1 is 1.09 bits per heavy atom. The summed E-state index contributed by atoms with van der Waals surface area (Å²) in [6.45, 7) is 1.84. The smallest absolute Gasteiger partial charge is 0.335 e. The van der Waals surface area contributed by atoms with Crippen LogP contribution < -0.4 is 0 Å². The van der Waals surface area contributed by atoms with Crippen molar-refractivity contribution in [2.75, 3.05) is 0 Å². The molecule has 5 heteroatoms. The minimum atomic E-state index is -0.970. The average molecular weight is 332 g/mol. The van der Waals surface area contributed by atoms with Gasteiger partial charge in [-0.05, 0) is 48.4 Å². The van der Waals surface area contributed by atoms with Crippen molar-refractivity contribution in [1.29, 1.82) is 0 Å². The van der Waals surface area contributed by atoms with Crippen LogP contribution in [0.2, 0.25) is 10.0 Å². The van der Waals surface area contributed by atoms with E-state index in [1.807, 2.05) is 19.1 Å². The van der Waals surface area contributed by atoms with Gasteiger partial charge in [0.2, 0.25) is 0 Å². The van der Waals surface area contributed by atoms with Gasteiger partial charge in [0.15, 0.2) is 0 Å². The van der Waals surface area contributed by atoms with Crippen LogP contribution in [-0.4, -0.2) is 16.1 Å². The number of hydrogen-bond donors (Lipinski definition) is 1. The quantitative estimate of drug-likeness (QED) is 0.700. The minimum absolute atomic E-state index is 0.226. The van der Waals surface area contributed by atoms with E-state index in [1.165, 1.54) is 0 Å². The zero-order valence-electron chi connectivity index (χ0n) is 11.6.